The number of thiophene rings is 1. The summed E-state index contributed by atoms with van der Waals surface area (Å²) in [5.41, 5.74) is 1.70. The molecule has 1 aromatic carbocycles. The Balaban J connectivity index is 2.02. The molecule has 8 nitrogen and oxygen atoms in total. The number of nitrogens with zero attached hydrogens (tertiary/aromatic N) is 3. The molecule has 0 atom stereocenters. The molecule has 0 saturated heterocycles. The third kappa shape index (κ3) is 3.08. The van der Waals surface area contributed by atoms with Crippen LogP contribution in [0.25, 0.3) is 10.2 Å². The fraction of sp³-hybridized carbons (Fsp3) is 0.235. The van der Waals surface area contributed by atoms with Crippen molar-refractivity contribution in [2.75, 3.05) is 12.4 Å². The van der Waals surface area contributed by atoms with E-state index in [1.807, 2.05) is 13.8 Å². The van der Waals surface area contributed by atoms with Crippen molar-refractivity contribution in [3.63, 3.8) is 0 Å². The number of rotatable bonds is 4. The Kier molecular flexibility index (Phi) is 4.56. The first-order chi connectivity index (χ1) is 12.3. The average Bonchev–Trinajstić information content (AvgIpc) is 2.91. The van der Waals surface area contributed by atoms with Crippen molar-refractivity contribution in [3.8, 4) is 5.75 Å². The summed E-state index contributed by atoms with van der Waals surface area (Å²) >= 11 is 1.27. The van der Waals surface area contributed by atoms with E-state index in [0.717, 1.165) is 21.5 Å². The summed E-state index contributed by atoms with van der Waals surface area (Å²) in [5.74, 6) is 0.611. The summed E-state index contributed by atoms with van der Waals surface area (Å²) in [6.07, 6.45) is 0. The van der Waals surface area contributed by atoms with Crippen molar-refractivity contribution >= 4 is 38.8 Å². The molecular formula is C17H16N4O4S. The second kappa shape index (κ2) is 6.68. The van der Waals surface area contributed by atoms with Crippen LogP contribution in [0.1, 0.15) is 26.8 Å². The predicted molar refractivity (Wildman–Crippen MR) is 99.2 cm³/mol. The van der Waals surface area contributed by atoms with Gasteiger partial charge in [0.1, 0.15) is 16.4 Å². The van der Waals surface area contributed by atoms with E-state index in [9.17, 15) is 14.9 Å². The number of carbonyl (C=O) groups excluding carboxylic acids is 1. The Labute approximate surface area is 153 Å². The normalized spacial score (nSPS) is 10.8. The Hall–Kier alpha value is -3.07. The summed E-state index contributed by atoms with van der Waals surface area (Å²) in [4.78, 5) is 33.2. The molecule has 0 aliphatic rings. The van der Waals surface area contributed by atoms with Gasteiger partial charge in [0.15, 0.2) is 0 Å². The second-order valence-corrected chi connectivity index (χ2v) is 6.69. The molecule has 0 unspecified atom stereocenters. The Morgan fingerprint density at radius 3 is 2.65 bits per heavy atom. The average molecular weight is 372 g/mol. The molecule has 0 bridgehead atoms. The molecular weight excluding hydrogens is 356 g/mol. The lowest BCUT2D eigenvalue weighted by atomic mass is 10.1. The standard InChI is InChI=1S/C17H16N4O4S/c1-8-14-9(2)18-10(3)19-17(14)26-15(8)16(22)20-12-7-11(21(23)24)5-6-13(12)25-4/h5-7H,1-4H3,(H,20,22). The van der Waals surface area contributed by atoms with Gasteiger partial charge in [0.25, 0.3) is 11.6 Å². The summed E-state index contributed by atoms with van der Waals surface area (Å²) in [6, 6.07) is 4.04. The maximum Gasteiger partial charge on any atom is 0.271 e. The first-order valence-corrected chi connectivity index (χ1v) is 8.51. The van der Waals surface area contributed by atoms with Crippen LogP contribution in [0.3, 0.4) is 0 Å². The molecule has 1 amide bonds. The van der Waals surface area contributed by atoms with Gasteiger partial charge in [-0.1, -0.05) is 0 Å². The number of nitro groups is 1. The number of methoxy groups -OCH3 is 1. The zero-order valence-electron chi connectivity index (χ0n) is 14.6. The van der Waals surface area contributed by atoms with E-state index >= 15 is 0 Å². The van der Waals surface area contributed by atoms with Crippen molar-refractivity contribution in [1.29, 1.82) is 0 Å². The number of nitrogens with one attached hydrogen (secondary N) is 1. The maximum absolute atomic E-state index is 12.8. The van der Waals surface area contributed by atoms with Gasteiger partial charge in [0, 0.05) is 23.2 Å². The number of hydrogen-bond acceptors (Lipinski definition) is 7. The van der Waals surface area contributed by atoms with Crippen LogP contribution in [0, 0.1) is 30.9 Å². The molecule has 2 heterocycles. The van der Waals surface area contributed by atoms with Gasteiger partial charge in [-0.3, -0.25) is 14.9 Å². The molecule has 134 valence electrons. The Morgan fingerprint density at radius 2 is 2.00 bits per heavy atom. The lowest BCUT2D eigenvalue weighted by Gasteiger charge is -2.09. The maximum atomic E-state index is 12.8. The molecule has 0 fully saturated rings. The third-order valence-corrected chi connectivity index (χ3v) is 5.12. The van der Waals surface area contributed by atoms with Crippen LogP contribution < -0.4 is 10.1 Å². The van der Waals surface area contributed by atoms with Crippen LogP contribution in [0.4, 0.5) is 11.4 Å². The summed E-state index contributed by atoms with van der Waals surface area (Å²) in [6.45, 7) is 5.52. The molecule has 9 heteroatoms. The number of fused-ring (bicyclic) bond motifs is 1. The van der Waals surface area contributed by atoms with Crippen molar-refractivity contribution in [2.24, 2.45) is 0 Å². The highest BCUT2D eigenvalue weighted by Crippen LogP contribution is 2.34. The molecule has 1 N–H and O–H groups in total. The number of aryl methyl sites for hydroxylation is 3. The number of nitro benzene ring substituents is 1. The zero-order valence-corrected chi connectivity index (χ0v) is 15.4. The number of anilines is 1. The number of carbonyl (C=O) groups is 1. The summed E-state index contributed by atoms with van der Waals surface area (Å²) in [7, 11) is 1.43. The number of hydrogen-bond donors (Lipinski definition) is 1. The van der Waals surface area contributed by atoms with Gasteiger partial charge in [-0.25, -0.2) is 9.97 Å². The van der Waals surface area contributed by atoms with Gasteiger partial charge in [0.2, 0.25) is 0 Å². The molecule has 0 radical (unpaired) electrons. The molecule has 0 spiro atoms. The van der Waals surface area contributed by atoms with Gasteiger partial charge in [-0.2, -0.15) is 0 Å². The lowest BCUT2D eigenvalue weighted by Crippen LogP contribution is -2.12. The van der Waals surface area contributed by atoms with Gasteiger partial charge in [0.05, 0.1) is 22.6 Å². The largest absolute Gasteiger partial charge is 0.495 e. The minimum absolute atomic E-state index is 0.133. The number of amides is 1. The smallest absolute Gasteiger partial charge is 0.271 e. The van der Waals surface area contributed by atoms with Gasteiger partial charge >= 0.3 is 0 Å². The lowest BCUT2D eigenvalue weighted by molar-refractivity contribution is -0.384. The van der Waals surface area contributed by atoms with E-state index < -0.39 is 4.92 Å². The highest BCUT2D eigenvalue weighted by atomic mass is 32.1. The Bertz CT molecular complexity index is 1040. The van der Waals surface area contributed by atoms with Crippen LogP contribution in [0.15, 0.2) is 18.2 Å². The van der Waals surface area contributed by atoms with E-state index in [-0.39, 0.29) is 17.3 Å². The SMILES string of the molecule is COc1ccc([N+](=O)[O-])cc1NC(=O)c1sc2nc(C)nc(C)c2c1C. The minimum Gasteiger partial charge on any atom is -0.495 e. The summed E-state index contributed by atoms with van der Waals surface area (Å²) < 4.78 is 5.18. The molecule has 26 heavy (non-hydrogen) atoms. The number of aromatic nitrogens is 2. The number of non-ortho nitro benzene ring substituents is 1. The molecule has 0 aliphatic heterocycles. The predicted octanol–water partition coefficient (Wildman–Crippen LogP) is 3.79. The topological polar surface area (TPSA) is 107 Å². The third-order valence-electron chi connectivity index (χ3n) is 3.93. The fourth-order valence-electron chi connectivity index (χ4n) is 2.78. The minimum atomic E-state index is -0.526. The molecule has 2 aromatic heterocycles. The van der Waals surface area contributed by atoms with E-state index in [1.54, 1.807) is 6.92 Å². The molecule has 0 aliphatic carbocycles. The van der Waals surface area contributed by atoms with Crippen molar-refractivity contribution in [1.82, 2.24) is 9.97 Å². The van der Waals surface area contributed by atoms with Crippen molar-refractivity contribution < 1.29 is 14.5 Å². The van der Waals surface area contributed by atoms with Crippen molar-refractivity contribution in [2.45, 2.75) is 20.8 Å². The molecule has 0 saturated carbocycles. The monoisotopic (exact) mass is 372 g/mol. The highest BCUT2D eigenvalue weighted by molar-refractivity contribution is 7.20. The number of ether oxygens (including phenoxy) is 1. The molecule has 3 rings (SSSR count). The second-order valence-electron chi connectivity index (χ2n) is 5.69. The van der Waals surface area contributed by atoms with Crippen LogP contribution >= 0.6 is 11.3 Å². The highest BCUT2D eigenvalue weighted by Gasteiger charge is 2.21. The van der Waals surface area contributed by atoms with E-state index in [4.69, 9.17) is 4.74 Å². The van der Waals surface area contributed by atoms with Crippen LogP contribution in [0.5, 0.6) is 5.75 Å². The van der Waals surface area contributed by atoms with Crippen molar-refractivity contribution in [3.05, 3.63) is 50.3 Å². The van der Waals surface area contributed by atoms with E-state index in [0.29, 0.717) is 16.5 Å². The van der Waals surface area contributed by atoms with Gasteiger partial charge < -0.3 is 10.1 Å². The van der Waals surface area contributed by atoms with Crippen LogP contribution in [0.2, 0.25) is 0 Å². The molecule has 3 aromatic rings. The van der Waals surface area contributed by atoms with Crippen LogP contribution in [-0.4, -0.2) is 27.9 Å². The van der Waals surface area contributed by atoms with E-state index in [1.165, 1.54) is 36.6 Å². The number of benzene rings is 1. The van der Waals surface area contributed by atoms with Gasteiger partial charge in [-0.05, 0) is 32.4 Å². The van der Waals surface area contributed by atoms with Crippen LogP contribution in [-0.2, 0) is 0 Å². The zero-order chi connectivity index (χ0) is 19.0. The Morgan fingerprint density at radius 1 is 1.27 bits per heavy atom. The first-order valence-electron chi connectivity index (χ1n) is 7.70. The van der Waals surface area contributed by atoms with E-state index in [2.05, 4.69) is 15.3 Å². The fourth-order valence-corrected chi connectivity index (χ4v) is 3.95. The first kappa shape index (κ1) is 17.7. The summed E-state index contributed by atoms with van der Waals surface area (Å²) in [5, 5.41) is 14.5. The van der Waals surface area contributed by atoms with Gasteiger partial charge in [-0.15, -0.1) is 11.3 Å². The quantitative estimate of drug-likeness (QED) is 0.551.